The van der Waals surface area contributed by atoms with E-state index in [9.17, 15) is 14.4 Å². The van der Waals surface area contributed by atoms with E-state index in [0.29, 0.717) is 17.9 Å². The first-order chi connectivity index (χ1) is 15.2. The van der Waals surface area contributed by atoms with E-state index < -0.39 is 23.9 Å². The number of nitrogens with one attached hydrogen (secondary N) is 1. The van der Waals surface area contributed by atoms with Crippen LogP contribution >= 0.6 is 28.1 Å². The highest BCUT2D eigenvalue weighted by atomic mass is 79.9. The fraction of sp³-hybridized carbons (Fsp3) is 0.182. The zero-order valence-corrected chi connectivity index (χ0v) is 19.5. The number of ether oxygens (including phenoxy) is 2. The standard InChI is InChI=1S/C22H19BrN2O6S/c1-3-30-18-10-13(7-8-17(18)31-12(2)21(28)29)9-16-19(26)24-22(32)25(20(16)27)15-6-4-5-14(23)11-15/h4-12H,3H2,1-2H3,(H,28,29)(H,24,26,32)/b16-9-. The first kappa shape index (κ1) is 23.4. The fourth-order valence-corrected chi connectivity index (χ4v) is 3.56. The molecule has 1 saturated heterocycles. The van der Waals surface area contributed by atoms with Gasteiger partial charge in [0.1, 0.15) is 5.57 Å². The van der Waals surface area contributed by atoms with Crippen LogP contribution in [0, 0.1) is 0 Å². The Hall–Kier alpha value is -3.24. The Morgan fingerprint density at radius 3 is 2.66 bits per heavy atom. The molecule has 2 amide bonds. The molecule has 1 unspecified atom stereocenters. The molecule has 0 radical (unpaired) electrons. The summed E-state index contributed by atoms with van der Waals surface area (Å²) >= 11 is 8.56. The number of hydrogen-bond acceptors (Lipinski definition) is 6. The Bertz CT molecular complexity index is 1130. The topological polar surface area (TPSA) is 105 Å². The molecule has 0 bridgehead atoms. The average Bonchev–Trinajstić information content (AvgIpc) is 2.73. The summed E-state index contributed by atoms with van der Waals surface area (Å²) in [6.07, 6.45) is 0.334. The zero-order chi connectivity index (χ0) is 23.4. The first-order valence-electron chi connectivity index (χ1n) is 9.54. The molecule has 3 rings (SSSR count). The van der Waals surface area contributed by atoms with Crippen molar-refractivity contribution in [2.24, 2.45) is 0 Å². The van der Waals surface area contributed by atoms with Crippen molar-refractivity contribution >= 4 is 62.8 Å². The second kappa shape index (κ2) is 9.92. The van der Waals surface area contributed by atoms with Crippen LogP contribution in [0.4, 0.5) is 5.69 Å². The Labute approximate surface area is 197 Å². The van der Waals surface area contributed by atoms with Gasteiger partial charge >= 0.3 is 5.97 Å². The van der Waals surface area contributed by atoms with Crippen molar-refractivity contribution in [3.63, 3.8) is 0 Å². The van der Waals surface area contributed by atoms with Gasteiger partial charge < -0.3 is 14.6 Å². The minimum Gasteiger partial charge on any atom is -0.490 e. The number of anilines is 1. The van der Waals surface area contributed by atoms with Crippen molar-refractivity contribution in [2.45, 2.75) is 20.0 Å². The van der Waals surface area contributed by atoms with Crippen molar-refractivity contribution in [1.82, 2.24) is 5.32 Å². The van der Waals surface area contributed by atoms with Crippen molar-refractivity contribution in [2.75, 3.05) is 11.5 Å². The number of benzene rings is 2. The van der Waals surface area contributed by atoms with Gasteiger partial charge in [0.15, 0.2) is 22.7 Å². The summed E-state index contributed by atoms with van der Waals surface area (Å²) in [5, 5.41) is 11.6. The predicted octanol–water partition coefficient (Wildman–Crippen LogP) is 3.53. The SMILES string of the molecule is CCOc1cc(/C=C2/C(=O)NC(=S)N(c3cccc(Br)c3)C2=O)ccc1OC(C)C(=O)O. The normalized spacial score (nSPS) is 16.0. The average molecular weight is 519 g/mol. The third-order valence-corrected chi connectivity index (χ3v) is 5.18. The van der Waals surface area contributed by atoms with Crippen molar-refractivity contribution in [3.05, 3.63) is 58.1 Å². The van der Waals surface area contributed by atoms with Gasteiger partial charge in [-0.3, -0.25) is 19.8 Å². The van der Waals surface area contributed by atoms with Gasteiger partial charge in [0.2, 0.25) is 0 Å². The molecule has 166 valence electrons. The Kier molecular flexibility index (Phi) is 7.26. The summed E-state index contributed by atoms with van der Waals surface area (Å²) < 4.78 is 11.7. The molecule has 1 aliphatic heterocycles. The second-order valence-corrected chi connectivity index (χ2v) is 7.98. The van der Waals surface area contributed by atoms with Gasteiger partial charge in [0.05, 0.1) is 12.3 Å². The lowest BCUT2D eigenvalue weighted by Gasteiger charge is -2.29. The minimum atomic E-state index is -1.12. The van der Waals surface area contributed by atoms with E-state index in [1.54, 1.807) is 43.3 Å². The molecule has 1 fully saturated rings. The van der Waals surface area contributed by atoms with Gasteiger partial charge in [-0.15, -0.1) is 0 Å². The molecule has 32 heavy (non-hydrogen) atoms. The van der Waals surface area contributed by atoms with Crippen molar-refractivity contribution < 1.29 is 29.0 Å². The van der Waals surface area contributed by atoms with Gasteiger partial charge in [-0.1, -0.05) is 28.1 Å². The summed E-state index contributed by atoms with van der Waals surface area (Å²) in [5.41, 5.74) is 0.875. The number of aliphatic carboxylic acids is 1. The lowest BCUT2D eigenvalue weighted by molar-refractivity contribution is -0.144. The number of carbonyl (C=O) groups is 3. The Morgan fingerprint density at radius 2 is 2.00 bits per heavy atom. The van der Waals surface area contributed by atoms with Crippen LogP contribution in [0.5, 0.6) is 11.5 Å². The zero-order valence-electron chi connectivity index (χ0n) is 17.1. The van der Waals surface area contributed by atoms with Crippen molar-refractivity contribution in [3.8, 4) is 11.5 Å². The molecular formula is C22H19BrN2O6S. The maximum Gasteiger partial charge on any atom is 0.344 e. The summed E-state index contributed by atoms with van der Waals surface area (Å²) in [4.78, 5) is 38.0. The summed E-state index contributed by atoms with van der Waals surface area (Å²) in [5.74, 6) is -1.79. The summed E-state index contributed by atoms with van der Waals surface area (Å²) in [6.45, 7) is 3.48. The smallest absolute Gasteiger partial charge is 0.344 e. The number of carboxylic acid groups (broad SMARTS) is 1. The lowest BCUT2D eigenvalue weighted by atomic mass is 10.1. The monoisotopic (exact) mass is 518 g/mol. The van der Waals surface area contributed by atoms with Gasteiger partial charge in [-0.25, -0.2) is 4.79 Å². The van der Waals surface area contributed by atoms with E-state index in [0.717, 1.165) is 4.47 Å². The number of carboxylic acids is 1. The second-order valence-electron chi connectivity index (χ2n) is 6.68. The van der Waals surface area contributed by atoms with Crippen LogP contribution in [0.25, 0.3) is 6.08 Å². The molecule has 0 spiro atoms. The quantitative estimate of drug-likeness (QED) is 0.328. The van der Waals surface area contributed by atoms with Crippen LogP contribution in [0.3, 0.4) is 0 Å². The highest BCUT2D eigenvalue weighted by Gasteiger charge is 2.34. The Balaban J connectivity index is 1.97. The van der Waals surface area contributed by atoms with Gasteiger partial charge in [-0.05, 0) is 68.0 Å². The highest BCUT2D eigenvalue weighted by Crippen LogP contribution is 2.31. The number of carbonyl (C=O) groups excluding carboxylic acids is 2. The number of hydrogen-bond donors (Lipinski definition) is 2. The van der Waals surface area contributed by atoms with Crippen molar-refractivity contribution in [1.29, 1.82) is 0 Å². The first-order valence-corrected chi connectivity index (χ1v) is 10.7. The highest BCUT2D eigenvalue weighted by molar-refractivity contribution is 9.10. The van der Waals surface area contributed by atoms with E-state index >= 15 is 0 Å². The fourth-order valence-electron chi connectivity index (χ4n) is 2.89. The van der Waals surface area contributed by atoms with E-state index in [2.05, 4.69) is 21.2 Å². The molecule has 0 aromatic heterocycles. The van der Waals surface area contributed by atoms with Crippen LogP contribution in [-0.2, 0) is 14.4 Å². The number of halogens is 1. The van der Waals surface area contributed by atoms with Crippen LogP contribution in [0.2, 0.25) is 0 Å². The maximum atomic E-state index is 13.1. The molecule has 2 N–H and O–H groups in total. The van der Waals surface area contributed by atoms with Gasteiger partial charge in [-0.2, -0.15) is 0 Å². The predicted molar refractivity (Wildman–Crippen MR) is 126 cm³/mol. The van der Waals surface area contributed by atoms with E-state index in [-0.39, 0.29) is 22.2 Å². The summed E-state index contributed by atoms with van der Waals surface area (Å²) in [7, 11) is 0. The molecule has 10 heteroatoms. The number of thiocarbonyl (C=S) groups is 1. The molecule has 2 aromatic carbocycles. The largest absolute Gasteiger partial charge is 0.490 e. The van der Waals surface area contributed by atoms with E-state index in [4.69, 9.17) is 26.8 Å². The Morgan fingerprint density at radius 1 is 1.25 bits per heavy atom. The number of amides is 2. The van der Waals surface area contributed by atoms with Crippen LogP contribution < -0.4 is 19.7 Å². The molecule has 1 atom stereocenters. The molecule has 1 aliphatic rings. The van der Waals surface area contributed by atoms with Gasteiger partial charge in [0, 0.05) is 4.47 Å². The van der Waals surface area contributed by atoms with Crippen LogP contribution in [-0.4, -0.2) is 40.7 Å². The van der Waals surface area contributed by atoms with E-state index in [1.807, 2.05) is 0 Å². The number of nitrogens with zero attached hydrogens (tertiary/aromatic N) is 1. The number of rotatable bonds is 7. The van der Waals surface area contributed by atoms with E-state index in [1.165, 1.54) is 24.0 Å². The molecule has 0 saturated carbocycles. The molecule has 0 aliphatic carbocycles. The molecule has 8 nitrogen and oxygen atoms in total. The maximum absolute atomic E-state index is 13.1. The minimum absolute atomic E-state index is 0.0170. The third-order valence-electron chi connectivity index (χ3n) is 4.40. The lowest BCUT2D eigenvalue weighted by Crippen LogP contribution is -2.54. The molecule has 2 aromatic rings. The van der Waals surface area contributed by atoms with Crippen LogP contribution in [0.15, 0.2) is 52.5 Å². The van der Waals surface area contributed by atoms with Gasteiger partial charge in [0.25, 0.3) is 11.8 Å². The molecule has 1 heterocycles. The van der Waals surface area contributed by atoms with Crippen LogP contribution in [0.1, 0.15) is 19.4 Å². The molecular weight excluding hydrogens is 500 g/mol. The summed E-state index contributed by atoms with van der Waals surface area (Å²) in [6, 6.07) is 11.7. The third kappa shape index (κ3) is 5.14.